The van der Waals surface area contributed by atoms with Crippen LogP contribution in [-0.2, 0) is 6.54 Å². The highest BCUT2D eigenvalue weighted by atomic mass is 16.5. The molecule has 0 bridgehead atoms. The molecule has 1 N–H and O–H groups in total. The summed E-state index contributed by atoms with van der Waals surface area (Å²) < 4.78 is 10.9. The van der Waals surface area contributed by atoms with E-state index in [1.54, 1.807) is 7.11 Å². The van der Waals surface area contributed by atoms with Crippen molar-refractivity contribution >= 4 is 0 Å². The van der Waals surface area contributed by atoms with Crippen LogP contribution in [-0.4, -0.2) is 44.8 Å². The fraction of sp³-hybridized carbons (Fsp3) is 0.647. The van der Waals surface area contributed by atoms with Gasteiger partial charge in [-0.2, -0.15) is 0 Å². The number of hydrogen-bond donors (Lipinski definition) is 1. The Balaban J connectivity index is 1.86. The van der Waals surface area contributed by atoms with Gasteiger partial charge in [-0.3, -0.25) is 0 Å². The molecule has 4 heteroatoms. The van der Waals surface area contributed by atoms with E-state index >= 15 is 0 Å². The molecule has 21 heavy (non-hydrogen) atoms. The first-order valence-corrected chi connectivity index (χ1v) is 7.95. The molecule has 1 heterocycles. The van der Waals surface area contributed by atoms with Gasteiger partial charge in [-0.25, -0.2) is 0 Å². The normalized spacial score (nSPS) is 19.5. The number of rotatable bonds is 7. The number of methoxy groups -OCH3 is 1. The van der Waals surface area contributed by atoms with E-state index in [9.17, 15) is 0 Å². The van der Waals surface area contributed by atoms with Crippen LogP contribution in [0.15, 0.2) is 18.2 Å². The topological polar surface area (TPSA) is 33.7 Å². The van der Waals surface area contributed by atoms with Crippen LogP contribution in [0, 0.1) is 0 Å². The van der Waals surface area contributed by atoms with Gasteiger partial charge in [0.05, 0.1) is 13.7 Å². The Morgan fingerprint density at radius 2 is 2.14 bits per heavy atom. The summed E-state index contributed by atoms with van der Waals surface area (Å²) in [5.41, 5.74) is 1.23. The number of likely N-dealkylation sites (N-methyl/N-ethyl adjacent to an activating group) is 1. The van der Waals surface area contributed by atoms with Crippen molar-refractivity contribution in [1.82, 2.24) is 10.2 Å². The van der Waals surface area contributed by atoms with Crippen molar-refractivity contribution in [3.8, 4) is 11.5 Å². The number of piperidine rings is 1. The number of ether oxygens (including phenoxy) is 2. The van der Waals surface area contributed by atoms with Gasteiger partial charge in [0.25, 0.3) is 0 Å². The van der Waals surface area contributed by atoms with Crippen LogP contribution in [0.25, 0.3) is 0 Å². The van der Waals surface area contributed by atoms with E-state index in [2.05, 4.69) is 29.4 Å². The molecule has 0 radical (unpaired) electrons. The number of hydrogen-bond acceptors (Lipinski definition) is 4. The third kappa shape index (κ3) is 4.61. The molecule has 118 valence electrons. The van der Waals surface area contributed by atoms with Crippen LogP contribution < -0.4 is 14.8 Å². The average Bonchev–Trinajstić information content (AvgIpc) is 2.50. The van der Waals surface area contributed by atoms with Gasteiger partial charge in [-0.05, 0) is 51.1 Å². The molecule has 0 spiro atoms. The van der Waals surface area contributed by atoms with Gasteiger partial charge in [0.1, 0.15) is 0 Å². The van der Waals surface area contributed by atoms with Gasteiger partial charge in [0.15, 0.2) is 11.5 Å². The highest BCUT2D eigenvalue weighted by Gasteiger charge is 2.18. The van der Waals surface area contributed by atoms with Crippen LogP contribution in [0.4, 0.5) is 0 Å². The monoisotopic (exact) mass is 292 g/mol. The molecule has 1 aromatic carbocycles. The molecular weight excluding hydrogens is 264 g/mol. The number of likely N-dealkylation sites (tertiary alicyclic amines) is 1. The van der Waals surface area contributed by atoms with Crippen molar-refractivity contribution in [2.45, 2.75) is 38.8 Å². The third-order valence-electron chi connectivity index (χ3n) is 4.16. The van der Waals surface area contributed by atoms with Crippen molar-refractivity contribution in [1.29, 1.82) is 0 Å². The summed E-state index contributed by atoms with van der Waals surface area (Å²) in [6.45, 7) is 5.79. The van der Waals surface area contributed by atoms with E-state index < -0.39 is 0 Å². The largest absolute Gasteiger partial charge is 0.493 e. The van der Waals surface area contributed by atoms with E-state index in [4.69, 9.17) is 9.47 Å². The lowest BCUT2D eigenvalue weighted by atomic mass is 10.0. The quantitative estimate of drug-likeness (QED) is 0.838. The maximum Gasteiger partial charge on any atom is 0.161 e. The Hall–Kier alpha value is -1.26. The molecule has 1 aromatic rings. The van der Waals surface area contributed by atoms with Crippen LogP contribution in [0.3, 0.4) is 0 Å². The summed E-state index contributed by atoms with van der Waals surface area (Å²) in [4.78, 5) is 2.47. The number of nitrogens with zero attached hydrogens (tertiary/aromatic N) is 1. The van der Waals surface area contributed by atoms with Gasteiger partial charge in [0, 0.05) is 19.1 Å². The summed E-state index contributed by atoms with van der Waals surface area (Å²) >= 11 is 0. The van der Waals surface area contributed by atoms with Crippen molar-refractivity contribution in [3.63, 3.8) is 0 Å². The second-order valence-corrected chi connectivity index (χ2v) is 5.68. The highest BCUT2D eigenvalue weighted by Crippen LogP contribution is 2.28. The molecule has 0 aliphatic carbocycles. The molecule has 4 nitrogen and oxygen atoms in total. The Morgan fingerprint density at radius 1 is 1.29 bits per heavy atom. The van der Waals surface area contributed by atoms with Gasteiger partial charge in [-0.1, -0.05) is 12.5 Å². The average molecular weight is 292 g/mol. The number of benzene rings is 1. The van der Waals surface area contributed by atoms with E-state index in [0.717, 1.165) is 24.6 Å². The molecule has 0 saturated carbocycles. The first kappa shape index (κ1) is 16.1. The predicted molar refractivity (Wildman–Crippen MR) is 86.1 cm³/mol. The van der Waals surface area contributed by atoms with Gasteiger partial charge in [0.2, 0.25) is 0 Å². The van der Waals surface area contributed by atoms with Crippen LogP contribution in [0.5, 0.6) is 11.5 Å². The molecule has 0 aromatic heterocycles. The smallest absolute Gasteiger partial charge is 0.161 e. The SMILES string of the molecule is CCOc1cc(CNCC2CCCCN2C)ccc1OC. The first-order valence-electron chi connectivity index (χ1n) is 7.95. The van der Waals surface area contributed by atoms with Gasteiger partial charge in [-0.15, -0.1) is 0 Å². The van der Waals surface area contributed by atoms with Crippen LogP contribution in [0.2, 0.25) is 0 Å². The van der Waals surface area contributed by atoms with Crippen molar-refractivity contribution in [3.05, 3.63) is 23.8 Å². The Bertz CT molecular complexity index is 437. The molecule has 2 rings (SSSR count). The zero-order valence-electron chi connectivity index (χ0n) is 13.5. The van der Waals surface area contributed by atoms with Crippen molar-refractivity contribution in [2.75, 3.05) is 33.9 Å². The van der Waals surface area contributed by atoms with Crippen molar-refractivity contribution in [2.24, 2.45) is 0 Å². The lowest BCUT2D eigenvalue weighted by molar-refractivity contribution is 0.181. The second kappa shape index (κ2) is 8.25. The Morgan fingerprint density at radius 3 is 2.86 bits per heavy atom. The summed E-state index contributed by atoms with van der Waals surface area (Å²) in [7, 11) is 3.90. The molecule has 1 aliphatic rings. The molecular formula is C17H28N2O2. The molecule has 1 atom stereocenters. The van der Waals surface area contributed by atoms with E-state index in [1.165, 1.54) is 31.4 Å². The molecule has 1 fully saturated rings. The fourth-order valence-electron chi connectivity index (χ4n) is 2.88. The van der Waals surface area contributed by atoms with E-state index in [1.807, 2.05) is 13.0 Å². The molecule has 1 aliphatic heterocycles. The Kier molecular flexibility index (Phi) is 6.33. The zero-order valence-corrected chi connectivity index (χ0v) is 13.5. The summed E-state index contributed by atoms with van der Waals surface area (Å²) in [5, 5.41) is 3.57. The maximum absolute atomic E-state index is 5.62. The lowest BCUT2D eigenvalue weighted by Crippen LogP contribution is -2.42. The van der Waals surface area contributed by atoms with E-state index in [0.29, 0.717) is 12.6 Å². The molecule has 0 amide bonds. The minimum atomic E-state index is 0.653. The van der Waals surface area contributed by atoms with Crippen LogP contribution in [0.1, 0.15) is 31.7 Å². The summed E-state index contributed by atoms with van der Waals surface area (Å²) in [6.07, 6.45) is 3.99. The Labute approximate surface area is 128 Å². The third-order valence-corrected chi connectivity index (χ3v) is 4.16. The standard InChI is InChI=1S/C17H28N2O2/c1-4-21-17-11-14(8-9-16(17)20-3)12-18-13-15-7-5-6-10-19(15)2/h8-9,11,15,18H,4-7,10,12-13H2,1-3H3. The second-order valence-electron chi connectivity index (χ2n) is 5.68. The minimum Gasteiger partial charge on any atom is -0.493 e. The summed E-state index contributed by atoms with van der Waals surface area (Å²) in [5.74, 6) is 1.63. The van der Waals surface area contributed by atoms with Crippen LogP contribution >= 0.6 is 0 Å². The zero-order chi connectivity index (χ0) is 15.1. The van der Waals surface area contributed by atoms with Gasteiger partial charge >= 0.3 is 0 Å². The van der Waals surface area contributed by atoms with Gasteiger partial charge < -0.3 is 19.7 Å². The minimum absolute atomic E-state index is 0.653. The molecule has 1 saturated heterocycles. The summed E-state index contributed by atoms with van der Waals surface area (Å²) in [6, 6.07) is 6.82. The predicted octanol–water partition coefficient (Wildman–Crippen LogP) is 2.67. The fourth-order valence-corrected chi connectivity index (χ4v) is 2.88. The van der Waals surface area contributed by atoms with E-state index in [-0.39, 0.29) is 0 Å². The lowest BCUT2D eigenvalue weighted by Gasteiger charge is -2.32. The molecule has 1 unspecified atom stereocenters. The van der Waals surface area contributed by atoms with Crippen molar-refractivity contribution < 1.29 is 9.47 Å². The highest BCUT2D eigenvalue weighted by molar-refractivity contribution is 5.42. The first-order chi connectivity index (χ1) is 10.2. The number of nitrogens with one attached hydrogen (secondary N) is 1. The maximum atomic E-state index is 5.62.